The predicted molar refractivity (Wildman–Crippen MR) is 79.6 cm³/mol. The van der Waals surface area contributed by atoms with E-state index >= 15 is 0 Å². The molecule has 1 nitrogen and oxygen atoms in total. The van der Waals surface area contributed by atoms with Crippen LogP contribution in [0.3, 0.4) is 0 Å². The van der Waals surface area contributed by atoms with Gasteiger partial charge in [0.05, 0.1) is 11.1 Å². The van der Waals surface area contributed by atoms with Gasteiger partial charge in [-0.05, 0) is 55.3 Å². The summed E-state index contributed by atoms with van der Waals surface area (Å²) in [6.45, 7) is 3.61. The first-order valence-electron chi connectivity index (χ1n) is 6.05. The number of anilines is 1. The van der Waals surface area contributed by atoms with E-state index in [1.807, 2.05) is 6.92 Å². The van der Waals surface area contributed by atoms with E-state index in [9.17, 15) is 8.78 Å². The maximum atomic E-state index is 13.5. The molecule has 2 aromatic rings. The van der Waals surface area contributed by atoms with E-state index < -0.39 is 5.82 Å². The molecule has 0 aliphatic heterocycles. The van der Waals surface area contributed by atoms with Gasteiger partial charge in [0.2, 0.25) is 0 Å². The zero-order valence-electron chi connectivity index (χ0n) is 11.0. The van der Waals surface area contributed by atoms with E-state index in [0.717, 1.165) is 5.56 Å². The van der Waals surface area contributed by atoms with Gasteiger partial charge in [-0.1, -0.05) is 23.2 Å². The SMILES string of the molecule is Cc1cc(F)cc(NC(C)c2cc(F)c(Cl)cc2Cl)c1. The molecule has 1 atom stereocenters. The van der Waals surface area contributed by atoms with Crippen LogP contribution < -0.4 is 5.32 Å². The van der Waals surface area contributed by atoms with Crippen LogP contribution in [-0.2, 0) is 0 Å². The molecule has 0 saturated carbocycles. The standard InChI is InChI=1S/C15H13Cl2F2N/c1-8-3-10(18)5-11(4-8)20-9(2)12-6-15(19)14(17)7-13(12)16/h3-7,9,20H,1-2H3. The Labute approximate surface area is 126 Å². The first-order chi connectivity index (χ1) is 9.36. The minimum atomic E-state index is -0.532. The fourth-order valence-electron chi connectivity index (χ4n) is 2.02. The second-order valence-corrected chi connectivity index (χ2v) is 5.49. The lowest BCUT2D eigenvalue weighted by Gasteiger charge is -2.18. The normalized spacial score (nSPS) is 12.3. The summed E-state index contributed by atoms with van der Waals surface area (Å²) in [6.07, 6.45) is 0. The van der Waals surface area contributed by atoms with Crippen LogP contribution in [0, 0.1) is 18.6 Å². The monoisotopic (exact) mass is 315 g/mol. The van der Waals surface area contributed by atoms with Crippen LogP contribution in [0.5, 0.6) is 0 Å². The Balaban J connectivity index is 2.28. The van der Waals surface area contributed by atoms with Crippen molar-refractivity contribution in [2.75, 3.05) is 5.32 Å². The molecular weight excluding hydrogens is 303 g/mol. The lowest BCUT2D eigenvalue weighted by molar-refractivity contribution is 0.623. The third kappa shape index (κ3) is 3.41. The van der Waals surface area contributed by atoms with Crippen LogP contribution in [0.1, 0.15) is 24.1 Å². The summed E-state index contributed by atoms with van der Waals surface area (Å²) in [5.41, 5.74) is 1.98. The van der Waals surface area contributed by atoms with Crippen molar-refractivity contribution in [3.63, 3.8) is 0 Å². The zero-order chi connectivity index (χ0) is 14.9. The summed E-state index contributed by atoms with van der Waals surface area (Å²) in [6, 6.07) is 6.99. The van der Waals surface area contributed by atoms with Crippen molar-refractivity contribution in [2.45, 2.75) is 19.9 Å². The quantitative estimate of drug-likeness (QED) is 0.711. The minimum Gasteiger partial charge on any atom is -0.378 e. The molecule has 2 rings (SSSR count). The van der Waals surface area contributed by atoms with E-state index in [1.165, 1.54) is 24.3 Å². The largest absolute Gasteiger partial charge is 0.378 e. The highest BCUT2D eigenvalue weighted by atomic mass is 35.5. The summed E-state index contributed by atoms with van der Waals surface area (Å²) in [5, 5.41) is 3.44. The van der Waals surface area contributed by atoms with Crippen molar-refractivity contribution < 1.29 is 8.78 Å². The molecule has 0 aliphatic rings. The smallest absolute Gasteiger partial charge is 0.142 e. The van der Waals surface area contributed by atoms with Gasteiger partial charge in [0.15, 0.2) is 0 Å². The van der Waals surface area contributed by atoms with Crippen LogP contribution in [0.25, 0.3) is 0 Å². The fourth-order valence-corrected chi connectivity index (χ4v) is 2.56. The van der Waals surface area contributed by atoms with Gasteiger partial charge in [-0.3, -0.25) is 0 Å². The number of halogens is 4. The summed E-state index contributed by atoms with van der Waals surface area (Å²) in [7, 11) is 0. The Morgan fingerprint density at radius 3 is 2.35 bits per heavy atom. The summed E-state index contributed by atoms with van der Waals surface area (Å²) in [4.78, 5) is 0. The zero-order valence-corrected chi connectivity index (χ0v) is 12.5. The lowest BCUT2D eigenvalue weighted by Crippen LogP contribution is -2.08. The molecule has 5 heteroatoms. The first kappa shape index (κ1) is 15.1. The second-order valence-electron chi connectivity index (χ2n) is 4.67. The van der Waals surface area contributed by atoms with Crippen molar-refractivity contribution in [3.05, 3.63) is 63.1 Å². The molecule has 0 aliphatic carbocycles. The van der Waals surface area contributed by atoms with E-state index in [4.69, 9.17) is 23.2 Å². The molecular formula is C15H13Cl2F2N. The number of aryl methyl sites for hydroxylation is 1. The van der Waals surface area contributed by atoms with Crippen molar-refractivity contribution in [1.29, 1.82) is 0 Å². The summed E-state index contributed by atoms with van der Waals surface area (Å²) in [5.74, 6) is -0.858. The van der Waals surface area contributed by atoms with Gasteiger partial charge in [-0.25, -0.2) is 8.78 Å². The molecule has 1 unspecified atom stereocenters. The molecule has 0 saturated heterocycles. The molecule has 0 aromatic heterocycles. The topological polar surface area (TPSA) is 12.0 Å². The Hall–Kier alpha value is -1.32. The molecule has 0 heterocycles. The van der Waals surface area contributed by atoms with E-state index in [2.05, 4.69) is 5.32 Å². The molecule has 2 aromatic carbocycles. The maximum Gasteiger partial charge on any atom is 0.142 e. The number of hydrogen-bond acceptors (Lipinski definition) is 1. The fraction of sp³-hybridized carbons (Fsp3) is 0.200. The summed E-state index contributed by atoms with van der Waals surface area (Å²) >= 11 is 11.7. The van der Waals surface area contributed by atoms with Crippen LogP contribution >= 0.6 is 23.2 Å². The van der Waals surface area contributed by atoms with E-state index in [-0.39, 0.29) is 16.9 Å². The van der Waals surface area contributed by atoms with Gasteiger partial charge < -0.3 is 5.32 Å². The molecule has 0 spiro atoms. The number of hydrogen-bond donors (Lipinski definition) is 1. The highest BCUT2D eigenvalue weighted by molar-refractivity contribution is 6.35. The molecule has 0 fully saturated rings. The van der Waals surface area contributed by atoms with Crippen LogP contribution in [0.15, 0.2) is 30.3 Å². The van der Waals surface area contributed by atoms with Crippen LogP contribution in [-0.4, -0.2) is 0 Å². The average Bonchev–Trinajstić information content (AvgIpc) is 2.32. The molecule has 106 valence electrons. The van der Waals surface area contributed by atoms with Gasteiger partial charge in [-0.2, -0.15) is 0 Å². The number of benzene rings is 2. The molecule has 0 bridgehead atoms. The van der Waals surface area contributed by atoms with E-state index in [0.29, 0.717) is 16.3 Å². The van der Waals surface area contributed by atoms with Crippen molar-refractivity contribution in [2.24, 2.45) is 0 Å². The minimum absolute atomic E-state index is 0.0208. The lowest BCUT2D eigenvalue weighted by atomic mass is 10.1. The average molecular weight is 316 g/mol. The van der Waals surface area contributed by atoms with Crippen molar-refractivity contribution >= 4 is 28.9 Å². The Morgan fingerprint density at radius 2 is 1.70 bits per heavy atom. The van der Waals surface area contributed by atoms with E-state index in [1.54, 1.807) is 13.0 Å². The van der Waals surface area contributed by atoms with Gasteiger partial charge in [0.25, 0.3) is 0 Å². The van der Waals surface area contributed by atoms with Crippen LogP contribution in [0.2, 0.25) is 10.0 Å². The molecule has 0 amide bonds. The molecule has 0 radical (unpaired) electrons. The Kier molecular flexibility index (Phi) is 4.51. The summed E-state index contributed by atoms with van der Waals surface area (Å²) < 4.78 is 26.8. The second kappa shape index (κ2) is 5.98. The number of rotatable bonds is 3. The van der Waals surface area contributed by atoms with Crippen molar-refractivity contribution in [3.8, 4) is 0 Å². The van der Waals surface area contributed by atoms with Gasteiger partial charge in [0, 0.05) is 10.7 Å². The van der Waals surface area contributed by atoms with Gasteiger partial charge in [-0.15, -0.1) is 0 Å². The first-order valence-corrected chi connectivity index (χ1v) is 6.80. The highest BCUT2D eigenvalue weighted by Crippen LogP contribution is 2.30. The third-order valence-electron chi connectivity index (χ3n) is 2.93. The maximum absolute atomic E-state index is 13.5. The number of nitrogens with one attached hydrogen (secondary N) is 1. The van der Waals surface area contributed by atoms with Crippen molar-refractivity contribution in [1.82, 2.24) is 0 Å². The Morgan fingerprint density at radius 1 is 1.00 bits per heavy atom. The molecule has 1 N–H and O–H groups in total. The predicted octanol–water partition coefficient (Wildman–Crippen LogP) is 5.75. The highest BCUT2D eigenvalue weighted by Gasteiger charge is 2.13. The van der Waals surface area contributed by atoms with Crippen LogP contribution in [0.4, 0.5) is 14.5 Å². The molecule has 20 heavy (non-hydrogen) atoms. The van der Waals surface area contributed by atoms with Gasteiger partial charge >= 0.3 is 0 Å². The third-order valence-corrected chi connectivity index (χ3v) is 3.55. The Bertz CT molecular complexity index is 624. The van der Waals surface area contributed by atoms with Gasteiger partial charge in [0.1, 0.15) is 11.6 Å².